The van der Waals surface area contributed by atoms with Gasteiger partial charge in [-0.3, -0.25) is 0 Å². The third kappa shape index (κ3) is 0.870. The molecule has 0 spiro atoms. The summed E-state index contributed by atoms with van der Waals surface area (Å²) < 4.78 is 0. The first-order chi connectivity index (χ1) is 7.49. The Labute approximate surface area is 97.7 Å². The molecule has 0 bridgehead atoms. The second kappa shape index (κ2) is 2.68. The third-order valence-electron chi connectivity index (χ3n) is 4.69. The Morgan fingerprint density at radius 2 is 1.81 bits per heavy atom. The van der Waals surface area contributed by atoms with Crippen molar-refractivity contribution in [3.63, 3.8) is 0 Å². The summed E-state index contributed by atoms with van der Waals surface area (Å²) in [5.74, 6) is 0. The minimum Gasteiger partial charge on any atom is -0.0733 e. The van der Waals surface area contributed by atoms with E-state index in [-0.39, 0.29) is 10.8 Å². The summed E-state index contributed by atoms with van der Waals surface area (Å²) in [7, 11) is 0. The van der Waals surface area contributed by atoms with Crippen LogP contribution in [-0.4, -0.2) is 0 Å². The zero-order valence-corrected chi connectivity index (χ0v) is 10.5. The van der Waals surface area contributed by atoms with E-state index in [1.807, 2.05) is 0 Å². The molecule has 0 aromatic rings. The lowest BCUT2D eigenvalue weighted by molar-refractivity contribution is 0.323. The number of allylic oxidation sites excluding steroid dienone is 10. The Morgan fingerprint density at radius 3 is 2.56 bits per heavy atom. The molecule has 82 valence electrons. The minimum atomic E-state index is 0.157. The average Bonchev–Trinajstić information content (AvgIpc) is 2.49. The normalized spacial score (nSPS) is 39.8. The van der Waals surface area contributed by atoms with Crippen LogP contribution in [0.15, 0.2) is 58.7 Å². The molecule has 3 aliphatic carbocycles. The Balaban J connectivity index is 2.39. The highest BCUT2D eigenvalue weighted by atomic mass is 14.6. The molecule has 0 heteroatoms. The SMILES string of the molecule is CC1=CC2(C)C=CC3=CC=CC(C)=C1C32C. The summed E-state index contributed by atoms with van der Waals surface area (Å²) in [4.78, 5) is 0. The van der Waals surface area contributed by atoms with Gasteiger partial charge in [-0.25, -0.2) is 0 Å². The Bertz CT molecular complexity index is 522. The Kier molecular flexibility index (Phi) is 1.66. The number of hydrogen-bond donors (Lipinski definition) is 0. The molecule has 0 radical (unpaired) electrons. The number of rotatable bonds is 0. The van der Waals surface area contributed by atoms with Crippen LogP contribution in [0.2, 0.25) is 0 Å². The van der Waals surface area contributed by atoms with E-state index in [0.717, 1.165) is 0 Å². The van der Waals surface area contributed by atoms with E-state index in [9.17, 15) is 0 Å². The van der Waals surface area contributed by atoms with Gasteiger partial charge >= 0.3 is 0 Å². The van der Waals surface area contributed by atoms with E-state index in [0.29, 0.717) is 0 Å². The van der Waals surface area contributed by atoms with Crippen LogP contribution in [0.5, 0.6) is 0 Å². The van der Waals surface area contributed by atoms with E-state index in [1.54, 1.807) is 0 Å². The predicted octanol–water partition coefficient (Wildman–Crippen LogP) is 4.34. The number of hydrogen-bond acceptors (Lipinski definition) is 0. The maximum absolute atomic E-state index is 2.43. The molecule has 0 N–H and O–H groups in total. The summed E-state index contributed by atoms with van der Waals surface area (Å²) in [6.45, 7) is 9.21. The van der Waals surface area contributed by atoms with Crippen molar-refractivity contribution < 1.29 is 0 Å². The fraction of sp³-hybridized carbons (Fsp3) is 0.375. The smallest absolute Gasteiger partial charge is 0.0302 e. The summed E-state index contributed by atoms with van der Waals surface area (Å²) in [5.41, 5.74) is 6.17. The highest BCUT2D eigenvalue weighted by Crippen LogP contribution is 2.64. The molecule has 16 heavy (non-hydrogen) atoms. The Hall–Kier alpha value is -1.30. The van der Waals surface area contributed by atoms with Crippen molar-refractivity contribution in [2.75, 3.05) is 0 Å². The van der Waals surface area contributed by atoms with Crippen LogP contribution in [0.1, 0.15) is 27.7 Å². The highest BCUT2D eigenvalue weighted by molar-refractivity contribution is 5.64. The molecule has 0 heterocycles. The zero-order chi connectivity index (χ0) is 11.6. The average molecular weight is 210 g/mol. The van der Waals surface area contributed by atoms with Crippen LogP contribution >= 0.6 is 0 Å². The lowest BCUT2D eigenvalue weighted by Gasteiger charge is -2.37. The molecule has 0 nitrogen and oxygen atoms in total. The maximum Gasteiger partial charge on any atom is 0.0302 e. The monoisotopic (exact) mass is 210 g/mol. The molecule has 2 atom stereocenters. The molecule has 0 saturated heterocycles. The van der Waals surface area contributed by atoms with Crippen LogP contribution in [0.25, 0.3) is 0 Å². The second-order valence-corrected chi connectivity index (χ2v) is 5.61. The standard InChI is InChI=1S/C16H18/c1-11-6-5-7-13-8-9-15(3)10-12(2)14(11)16(13,15)4/h5-10H,1-4H3. The quantitative estimate of drug-likeness (QED) is 0.558. The summed E-state index contributed by atoms with van der Waals surface area (Å²) in [6, 6.07) is 0. The van der Waals surface area contributed by atoms with Crippen LogP contribution < -0.4 is 0 Å². The van der Waals surface area contributed by atoms with Gasteiger partial charge in [-0.1, -0.05) is 50.3 Å². The van der Waals surface area contributed by atoms with Gasteiger partial charge in [-0.15, -0.1) is 0 Å². The summed E-state index contributed by atoms with van der Waals surface area (Å²) >= 11 is 0. The molecule has 0 amide bonds. The molecule has 0 aromatic carbocycles. The summed E-state index contributed by atoms with van der Waals surface area (Å²) in [5, 5.41) is 0. The highest BCUT2D eigenvalue weighted by Gasteiger charge is 2.54. The van der Waals surface area contributed by atoms with E-state index in [4.69, 9.17) is 0 Å². The van der Waals surface area contributed by atoms with E-state index in [1.165, 1.54) is 22.3 Å². The fourth-order valence-corrected chi connectivity index (χ4v) is 3.74. The molecule has 0 aromatic heterocycles. The van der Waals surface area contributed by atoms with E-state index < -0.39 is 0 Å². The molecule has 2 unspecified atom stereocenters. The van der Waals surface area contributed by atoms with Gasteiger partial charge in [-0.05, 0) is 36.1 Å². The van der Waals surface area contributed by atoms with Crippen molar-refractivity contribution in [1.82, 2.24) is 0 Å². The van der Waals surface area contributed by atoms with Gasteiger partial charge < -0.3 is 0 Å². The lowest BCUT2D eigenvalue weighted by Crippen LogP contribution is -2.30. The van der Waals surface area contributed by atoms with Gasteiger partial charge in [0.25, 0.3) is 0 Å². The molecule has 3 rings (SSSR count). The maximum atomic E-state index is 2.43. The molecule has 0 fully saturated rings. The molecule has 0 saturated carbocycles. The van der Waals surface area contributed by atoms with Gasteiger partial charge in [0.15, 0.2) is 0 Å². The van der Waals surface area contributed by atoms with Crippen LogP contribution in [0.3, 0.4) is 0 Å². The zero-order valence-electron chi connectivity index (χ0n) is 10.5. The van der Waals surface area contributed by atoms with Crippen LogP contribution in [0.4, 0.5) is 0 Å². The fourth-order valence-electron chi connectivity index (χ4n) is 3.74. The first-order valence-corrected chi connectivity index (χ1v) is 5.98. The van der Waals surface area contributed by atoms with Crippen molar-refractivity contribution in [3.05, 3.63) is 58.7 Å². The van der Waals surface area contributed by atoms with Gasteiger partial charge in [0.1, 0.15) is 0 Å². The first-order valence-electron chi connectivity index (χ1n) is 5.98. The lowest BCUT2D eigenvalue weighted by atomic mass is 9.65. The van der Waals surface area contributed by atoms with E-state index >= 15 is 0 Å². The predicted molar refractivity (Wildman–Crippen MR) is 69.0 cm³/mol. The van der Waals surface area contributed by atoms with E-state index in [2.05, 4.69) is 64.2 Å². The molecule has 0 aliphatic heterocycles. The Morgan fingerprint density at radius 1 is 1.06 bits per heavy atom. The molecule has 3 aliphatic rings. The topological polar surface area (TPSA) is 0 Å². The second-order valence-electron chi connectivity index (χ2n) is 5.61. The van der Waals surface area contributed by atoms with Crippen molar-refractivity contribution >= 4 is 0 Å². The molecular formula is C16H18. The van der Waals surface area contributed by atoms with Crippen molar-refractivity contribution in [1.29, 1.82) is 0 Å². The summed E-state index contributed by atoms with van der Waals surface area (Å²) in [6.07, 6.45) is 13.8. The van der Waals surface area contributed by atoms with Crippen molar-refractivity contribution in [3.8, 4) is 0 Å². The van der Waals surface area contributed by atoms with Gasteiger partial charge in [-0.2, -0.15) is 0 Å². The van der Waals surface area contributed by atoms with Gasteiger partial charge in [0.2, 0.25) is 0 Å². The van der Waals surface area contributed by atoms with Crippen LogP contribution in [0, 0.1) is 10.8 Å². The molecular weight excluding hydrogens is 192 g/mol. The third-order valence-corrected chi connectivity index (χ3v) is 4.69. The minimum absolute atomic E-state index is 0.157. The largest absolute Gasteiger partial charge is 0.0733 e. The van der Waals surface area contributed by atoms with Gasteiger partial charge in [0.05, 0.1) is 0 Å². The van der Waals surface area contributed by atoms with Crippen molar-refractivity contribution in [2.45, 2.75) is 27.7 Å². The first kappa shape index (κ1) is 9.89. The van der Waals surface area contributed by atoms with Crippen molar-refractivity contribution in [2.24, 2.45) is 10.8 Å². The van der Waals surface area contributed by atoms with Gasteiger partial charge in [0, 0.05) is 10.8 Å². The van der Waals surface area contributed by atoms with Crippen LogP contribution in [-0.2, 0) is 0 Å².